The van der Waals surface area contributed by atoms with E-state index < -0.39 is 0 Å². The number of carbonyl (C=O) groups is 1. The quantitative estimate of drug-likeness (QED) is 0.751. The lowest BCUT2D eigenvalue weighted by Crippen LogP contribution is -2.42. The van der Waals surface area contributed by atoms with Crippen LogP contribution in [0.3, 0.4) is 0 Å². The summed E-state index contributed by atoms with van der Waals surface area (Å²) in [5.41, 5.74) is 2.80. The van der Waals surface area contributed by atoms with Crippen molar-refractivity contribution in [2.45, 2.75) is 19.5 Å². The molecule has 3 heterocycles. The summed E-state index contributed by atoms with van der Waals surface area (Å²) in [5, 5.41) is 4.84. The number of aromatic amines is 1. The summed E-state index contributed by atoms with van der Waals surface area (Å²) in [6.45, 7) is 1.91. The predicted molar refractivity (Wildman–Crippen MR) is 99.6 cm³/mol. The summed E-state index contributed by atoms with van der Waals surface area (Å²) in [7, 11) is 0. The van der Waals surface area contributed by atoms with Crippen LogP contribution in [0, 0.1) is 0 Å². The second-order valence-corrected chi connectivity index (χ2v) is 6.45. The lowest BCUT2D eigenvalue weighted by Gasteiger charge is -2.29. The van der Waals surface area contributed by atoms with Gasteiger partial charge in [-0.2, -0.15) is 0 Å². The van der Waals surface area contributed by atoms with Crippen LogP contribution in [-0.4, -0.2) is 33.9 Å². The van der Waals surface area contributed by atoms with Gasteiger partial charge in [0.25, 0.3) is 5.56 Å². The van der Waals surface area contributed by atoms with Crippen LogP contribution in [0.25, 0.3) is 10.8 Å². The molecule has 0 aliphatic carbocycles. The number of hydrogen-bond donors (Lipinski definition) is 2. The Bertz CT molecular complexity index is 998. The van der Waals surface area contributed by atoms with Crippen molar-refractivity contribution in [3.63, 3.8) is 0 Å². The van der Waals surface area contributed by atoms with E-state index in [1.807, 2.05) is 42.5 Å². The Hall–Kier alpha value is -2.99. The zero-order valence-corrected chi connectivity index (χ0v) is 14.4. The molecule has 0 unspecified atom stereocenters. The van der Waals surface area contributed by atoms with Crippen LogP contribution < -0.4 is 10.9 Å². The smallest absolute Gasteiger partial charge is 0.256 e. The van der Waals surface area contributed by atoms with Crippen LogP contribution in [0.1, 0.15) is 17.0 Å². The average molecular weight is 348 g/mol. The number of rotatable bonds is 4. The molecule has 0 radical (unpaired) electrons. The van der Waals surface area contributed by atoms with Gasteiger partial charge in [-0.1, -0.05) is 24.3 Å². The van der Waals surface area contributed by atoms with E-state index in [0.717, 1.165) is 28.8 Å². The maximum atomic E-state index is 12.5. The number of pyridine rings is 2. The first-order valence-corrected chi connectivity index (χ1v) is 8.73. The Morgan fingerprint density at radius 2 is 1.96 bits per heavy atom. The third-order valence-electron chi connectivity index (χ3n) is 4.77. The molecule has 1 aromatic carbocycles. The highest BCUT2D eigenvalue weighted by atomic mass is 16.2. The van der Waals surface area contributed by atoms with Crippen molar-refractivity contribution in [3.05, 3.63) is 76.0 Å². The van der Waals surface area contributed by atoms with Gasteiger partial charge in [0.15, 0.2) is 0 Å². The molecule has 0 bridgehead atoms. The Morgan fingerprint density at radius 3 is 2.77 bits per heavy atom. The molecular weight excluding hydrogens is 328 g/mol. The zero-order valence-electron chi connectivity index (χ0n) is 14.4. The first-order chi connectivity index (χ1) is 12.7. The van der Waals surface area contributed by atoms with Crippen molar-refractivity contribution in [1.82, 2.24) is 20.2 Å². The largest absolute Gasteiger partial charge is 0.335 e. The summed E-state index contributed by atoms with van der Waals surface area (Å²) in [5.74, 6) is 0.0283. The Kier molecular flexibility index (Phi) is 4.50. The van der Waals surface area contributed by atoms with Crippen molar-refractivity contribution in [3.8, 4) is 0 Å². The van der Waals surface area contributed by atoms with E-state index in [1.54, 1.807) is 11.1 Å². The summed E-state index contributed by atoms with van der Waals surface area (Å²) >= 11 is 0. The molecule has 3 aromatic rings. The van der Waals surface area contributed by atoms with Crippen LogP contribution in [0.2, 0.25) is 0 Å². The van der Waals surface area contributed by atoms with E-state index in [9.17, 15) is 9.59 Å². The molecule has 0 saturated carbocycles. The minimum absolute atomic E-state index is 0.0283. The Morgan fingerprint density at radius 1 is 1.15 bits per heavy atom. The lowest BCUT2D eigenvalue weighted by atomic mass is 9.98. The van der Waals surface area contributed by atoms with E-state index in [1.165, 1.54) is 0 Å². The number of fused-ring (bicyclic) bond motifs is 3. The second-order valence-electron chi connectivity index (χ2n) is 6.45. The fourth-order valence-electron chi connectivity index (χ4n) is 3.45. The van der Waals surface area contributed by atoms with Gasteiger partial charge < -0.3 is 15.2 Å². The molecule has 6 nitrogen and oxygen atoms in total. The molecular formula is C20H20N4O2. The van der Waals surface area contributed by atoms with Crippen LogP contribution in [0.4, 0.5) is 0 Å². The first-order valence-electron chi connectivity index (χ1n) is 8.73. The van der Waals surface area contributed by atoms with Gasteiger partial charge in [-0.05, 0) is 35.6 Å². The summed E-state index contributed by atoms with van der Waals surface area (Å²) in [4.78, 5) is 33.8. The number of benzene rings is 1. The standard InChI is InChI=1S/C20H20N4O2/c25-19(12-21-11-14-5-3-4-9-22-14)24-10-8-16-15-6-1-2-7-17(15)20(26)23-18(16)13-24/h1-7,9,21H,8,10-13H2,(H,23,26). The molecule has 4 rings (SSSR count). The maximum Gasteiger partial charge on any atom is 0.256 e. The summed E-state index contributed by atoms with van der Waals surface area (Å²) in [6, 6.07) is 13.3. The monoisotopic (exact) mass is 348 g/mol. The van der Waals surface area contributed by atoms with E-state index in [4.69, 9.17) is 0 Å². The van der Waals surface area contributed by atoms with Crippen molar-refractivity contribution in [2.75, 3.05) is 13.1 Å². The molecule has 0 spiro atoms. The molecule has 132 valence electrons. The number of amides is 1. The minimum atomic E-state index is -0.0954. The van der Waals surface area contributed by atoms with Gasteiger partial charge in [-0.3, -0.25) is 14.6 Å². The number of aromatic nitrogens is 2. The van der Waals surface area contributed by atoms with Crippen LogP contribution >= 0.6 is 0 Å². The third-order valence-corrected chi connectivity index (χ3v) is 4.77. The molecule has 0 atom stereocenters. The molecule has 2 N–H and O–H groups in total. The molecule has 1 aliphatic heterocycles. The normalized spacial score (nSPS) is 13.6. The maximum absolute atomic E-state index is 12.5. The van der Waals surface area contributed by atoms with E-state index in [2.05, 4.69) is 15.3 Å². The van der Waals surface area contributed by atoms with Crippen molar-refractivity contribution in [2.24, 2.45) is 0 Å². The SMILES string of the molecule is O=C(CNCc1ccccn1)N1CCc2c([nH]c(=O)c3ccccc23)C1. The van der Waals surface area contributed by atoms with Gasteiger partial charge in [-0.25, -0.2) is 0 Å². The summed E-state index contributed by atoms with van der Waals surface area (Å²) in [6.07, 6.45) is 2.49. The Balaban J connectivity index is 1.45. The highest BCUT2D eigenvalue weighted by Gasteiger charge is 2.23. The molecule has 26 heavy (non-hydrogen) atoms. The van der Waals surface area contributed by atoms with Crippen molar-refractivity contribution < 1.29 is 4.79 Å². The van der Waals surface area contributed by atoms with Gasteiger partial charge >= 0.3 is 0 Å². The Labute approximate surface area is 150 Å². The zero-order chi connectivity index (χ0) is 17.9. The number of nitrogens with zero attached hydrogens (tertiary/aromatic N) is 2. The van der Waals surface area contributed by atoms with Gasteiger partial charge in [0.2, 0.25) is 5.91 Å². The first kappa shape index (κ1) is 16.5. The molecule has 1 amide bonds. The van der Waals surface area contributed by atoms with Crippen LogP contribution in [0.5, 0.6) is 0 Å². The highest BCUT2D eigenvalue weighted by molar-refractivity contribution is 5.86. The molecule has 0 saturated heterocycles. The van der Waals surface area contributed by atoms with E-state index in [-0.39, 0.29) is 18.0 Å². The second kappa shape index (κ2) is 7.09. The molecule has 1 aliphatic rings. The number of H-pyrrole nitrogens is 1. The predicted octanol–water partition coefficient (Wildman–Crippen LogP) is 1.60. The van der Waals surface area contributed by atoms with Gasteiger partial charge in [0.05, 0.1) is 18.8 Å². The van der Waals surface area contributed by atoms with Crippen molar-refractivity contribution >= 4 is 16.7 Å². The lowest BCUT2D eigenvalue weighted by molar-refractivity contribution is -0.131. The fourth-order valence-corrected chi connectivity index (χ4v) is 3.45. The molecule has 2 aromatic heterocycles. The van der Waals surface area contributed by atoms with Gasteiger partial charge in [-0.15, -0.1) is 0 Å². The number of carbonyl (C=O) groups excluding carboxylic acids is 1. The minimum Gasteiger partial charge on any atom is -0.335 e. The molecule has 0 fully saturated rings. The molecule has 6 heteroatoms. The van der Waals surface area contributed by atoms with Gasteiger partial charge in [0.1, 0.15) is 0 Å². The highest BCUT2D eigenvalue weighted by Crippen LogP contribution is 2.23. The fraction of sp³-hybridized carbons (Fsp3) is 0.250. The van der Waals surface area contributed by atoms with Gasteiger partial charge in [0, 0.05) is 30.4 Å². The number of nitrogens with one attached hydrogen (secondary N) is 2. The van der Waals surface area contributed by atoms with E-state index in [0.29, 0.717) is 25.0 Å². The average Bonchev–Trinajstić information content (AvgIpc) is 2.68. The topological polar surface area (TPSA) is 78.1 Å². The number of hydrogen-bond acceptors (Lipinski definition) is 4. The van der Waals surface area contributed by atoms with Crippen molar-refractivity contribution in [1.29, 1.82) is 0 Å². The van der Waals surface area contributed by atoms with E-state index >= 15 is 0 Å². The van der Waals surface area contributed by atoms with Crippen LogP contribution in [0.15, 0.2) is 53.5 Å². The summed E-state index contributed by atoms with van der Waals surface area (Å²) < 4.78 is 0. The van der Waals surface area contributed by atoms with Crippen LogP contribution in [-0.2, 0) is 24.3 Å². The third kappa shape index (κ3) is 3.23.